The van der Waals surface area contributed by atoms with Crippen molar-refractivity contribution >= 4 is 29.4 Å². The number of carbonyl (C=O) groups is 1. The summed E-state index contributed by atoms with van der Waals surface area (Å²) in [4.78, 5) is 28.8. The van der Waals surface area contributed by atoms with E-state index in [-0.39, 0.29) is 23.2 Å². The topological polar surface area (TPSA) is 95.3 Å². The first-order valence-electron chi connectivity index (χ1n) is 8.06. The largest absolute Gasteiger partial charge is 0.381 e. The van der Waals surface area contributed by atoms with Crippen LogP contribution < -0.4 is 22.1 Å². The van der Waals surface area contributed by atoms with Crippen molar-refractivity contribution in [2.24, 2.45) is 5.92 Å². The molecule has 1 aliphatic rings. The summed E-state index contributed by atoms with van der Waals surface area (Å²) in [6, 6.07) is 9.62. The predicted octanol–water partition coefficient (Wildman–Crippen LogP) is -0.309. The molecule has 3 aromatic rings. The fourth-order valence-corrected chi connectivity index (χ4v) is 3.10. The molecule has 1 aromatic carbocycles. The summed E-state index contributed by atoms with van der Waals surface area (Å²) in [7, 11) is 0. The SMILES string of the molecule is CC(=O)C1C=c2nc(N)c3nn(Cc4ccccc4)c(=O)n3c2=CC1. The third kappa shape index (κ3) is 2.53. The third-order valence-electron chi connectivity index (χ3n) is 4.43. The van der Waals surface area contributed by atoms with Crippen molar-refractivity contribution in [1.82, 2.24) is 19.2 Å². The van der Waals surface area contributed by atoms with E-state index in [1.54, 1.807) is 13.0 Å². The fraction of sp³-hybridized carbons (Fsp3) is 0.222. The highest BCUT2D eigenvalue weighted by molar-refractivity contribution is 5.85. The lowest BCUT2D eigenvalue weighted by atomic mass is 9.97. The first kappa shape index (κ1) is 15.3. The van der Waals surface area contributed by atoms with Gasteiger partial charge in [0.05, 0.1) is 17.2 Å². The number of aromatic nitrogens is 4. The van der Waals surface area contributed by atoms with E-state index in [2.05, 4.69) is 10.1 Å². The van der Waals surface area contributed by atoms with Gasteiger partial charge in [-0.1, -0.05) is 36.4 Å². The first-order chi connectivity index (χ1) is 12.0. The molecule has 0 fully saturated rings. The van der Waals surface area contributed by atoms with Crippen molar-refractivity contribution in [2.75, 3.05) is 5.73 Å². The molecule has 1 atom stereocenters. The van der Waals surface area contributed by atoms with Gasteiger partial charge in [-0.25, -0.2) is 18.9 Å². The van der Waals surface area contributed by atoms with E-state index in [0.717, 1.165) is 5.56 Å². The Morgan fingerprint density at radius 2 is 2.08 bits per heavy atom. The molecule has 7 nitrogen and oxygen atoms in total. The quantitative estimate of drug-likeness (QED) is 0.708. The van der Waals surface area contributed by atoms with E-state index in [1.807, 2.05) is 36.4 Å². The number of fused-ring (bicyclic) bond motifs is 3. The molecule has 0 aliphatic heterocycles. The van der Waals surface area contributed by atoms with Gasteiger partial charge in [0.15, 0.2) is 5.82 Å². The minimum atomic E-state index is -0.268. The molecular weight excluding hydrogens is 318 g/mol. The van der Waals surface area contributed by atoms with Gasteiger partial charge in [0.1, 0.15) is 5.78 Å². The zero-order chi connectivity index (χ0) is 17.6. The Morgan fingerprint density at radius 3 is 2.80 bits per heavy atom. The Bertz CT molecular complexity index is 1160. The monoisotopic (exact) mass is 335 g/mol. The number of anilines is 1. The number of ketones is 1. The maximum atomic E-state index is 12.9. The third-order valence-corrected chi connectivity index (χ3v) is 4.43. The van der Waals surface area contributed by atoms with E-state index in [0.29, 0.717) is 29.3 Å². The molecule has 0 radical (unpaired) electrons. The van der Waals surface area contributed by atoms with Crippen LogP contribution in [0.4, 0.5) is 5.82 Å². The van der Waals surface area contributed by atoms with E-state index >= 15 is 0 Å². The zero-order valence-electron chi connectivity index (χ0n) is 13.7. The van der Waals surface area contributed by atoms with Crippen molar-refractivity contribution in [2.45, 2.75) is 19.9 Å². The normalized spacial score (nSPS) is 16.1. The number of carbonyl (C=O) groups excluding carboxylic acids is 1. The number of benzene rings is 1. The van der Waals surface area contributed by atoms with Crippen LogP contribution in [0.25, 0.3) is 17.8 Å². The molecule has 0 saturated heterocycles. The van der Waals surface area contributed by atoms with Crippen LogP contribution in [0.5, 0.6) is 0 Å². The van der Waals surface area contributed by atoms with Crippen molar-refractivity contribution < 1.29 is 4.79 Å². The van der Waals surface area contributed by atoms with Crippen molar-refractivity contribution in [1.29, 1.82) is 0 Å². The highest BCUT2D eigenvalue weighted by atomic mass is 16.2. The summed E-state index contributed by atoms with van der Waals surface area (Å²) < 4.78 is 2.86. The first-order valence-corrected chi connectivity index (χ1v) is 8.06. The molecule has 0 amide bonds. The molecule has 2 aromatic heterocycles. The van der Waals surface area contributed by atoms with Gasteiger partial charge >= 0.3 is 5.69 Å². The molecule has 0 spiro atoms. The minimum absolute atomic E-state index is 0.0643. The van der Waals surface area contributed by atoms with Gasteiger partial charge in [0, 0.05) is 5.92 Å². The Kier molecular flexibility index (Phi) is 3.49. The van der Waals surface area contributed by atoms with E-state index < -0.39 is 0 Å². The number of hydrogen-bond donors (Lipinski definition) is 1. The van der Waals surface area contributed by atoms with Gasteiger partial charge in [0.2, 0.25) is 5.65 Å². The standard InChI is InChI=1S/C18H17N5O2/c1-11(24)13-7-8-15-14(9-13)20-16(19)17-21-22(18(25)23(15)17)10-12-5-3-2-4-6-12/h2-6,8-9,13H,7,10H2,1H3,(H2,19,20). The van der Waals surface area contributed by atoms with Gasteiger partial charge in [-0.05, 0) is 25.0 Å². The lowest BCUT2D eigenvalue weighted by molar-refractivity contribution is -0.118. The van der Waals surface area contributed by atoms with Crippen LogP contribution in [0.15, 0.2) is 35.1 Å². The molecule has 1 unspecified atom stereocenters. The van der Waals surface area contributed by atoms with E-state index in [9.17, 15) is 9.59 Å². The fourth-order valence-electron chi connectivity index (χ4n) is 3.10. The second-order valence-corrected chi connectivity index (χ2v) is 6.18. The summed E-state index contributed by atoms with van der Waals surface area (Å²) >= 11 is 0. The second-order valence-electron chi connectivity index (χ2n) is 6.18. The molecule has 2 heterocycles. The zero-order valence-corrected chi connectivity index (χ0v) is 13.7. The number of nitrogen functional groups attached to an aromatic ring is 1. The Morgan fingerprint density at radius 1 is 1.32 bits per heavy atom. The molecule has 126 valence electrons. The number of hydrogen-bond acceptors (Lipinski definition) is 5. The Hall–Kier alpha value is -3.22. The van der Waals surface area contributed by atoms with Gasteiger partial charge in [0.25, 0.3) is 0 Å². The van der Waals surface area contributed by atoms with Gasteiger partial charge in [-0.3, -0.25) is 4.79 Å². The highest BCUT2D eigenvalue weighted by Gasteiger charge is 2.18. The van der Waals surface area contributed by atoms with Crippen molar-refractivity contribution in [3.05, 3.63) is 57.1 Å². The number of nitrogens with zero attached hydrogens (tertiary/aromatic N) is 4. The lowest BCUT2D eigenvalue weighted by Crippen LogP contribution is -2.43. The summed E-state index contributed by atoms with van der Waals surface area (Å²) in [6.07, 6.45) is 4.17. The maximum absolute atomic E-state index is 12.9. The molecule has 2 N–H and O–H groups in total. The molecular formula is C18H17N5O2. The second kappa shape index (κ2) is 5.70. The van der Waals surface area contributed by atoms with Crippen molar-refractivity contribution in [3.8, 4) is 0 Å². The van der Waals surface area contributed by atoms with Crippen molar-refractivity contribution in [3.63, 3.8) is 0 Å². The predicted molar refractivity (Wildman–Crippen MR) is 94.2 cm³/mol. The highest BCUT2D eigenvalue weighted by Crippen LogP contribution is 2.10. The van der Waals surface area contributed by atoms with Gasteiger partial charge in [-0.2, -0.15) is 0 Å². The molecule has 0 bridgehead atoms. The number of rotatable bonds is 3. The summed E-state index contributed by atoms with van der Waals surface area (Å²) in [5, 5.41) is 5.55. The molecule has 0 saturated carbocycles. The summed E-state index contributed by atoms with van der Waals surface area (Å²) in [5.74, 6) is 0.0120. The molecule has 1 aliphatic carbocycles. The average Bonchev–Trinajstić information content (AvgIpc) is 2.93. The summed E-state index contributed by atoms with van der Waals surface area (Å²) in [6.45, 7) is 1.90. The maximum Gasteiger partial charge on any atom is 0.351 e. The van der Waals surface area contributed by atoms with Gasteiger partial charge in [-0.15, -0.1) is 5.10 Å². The average molecular weight is 335 g/mol. The van der Waals surface area contributed by atoms with Crippen LogP contribution in [0.2, 0.25) is 0 Å². The molecule has 4 rings (SSSR count). The Balaban J connectivity index is 1.94. The van der Waals surface area contributed by atoms with Crippen LogP contribution in [0.3, 0.4) is 0 Å². The number of nitrogens with two attached hydrogens (primary N) is 1. The molecule has 25 heavy (non-hydrogen) atoms. The van der Waals surface area contributed by atoms with Crippen LogP contribution in [-0.4, -0.2) is 24.9 Å². The summed E-state index contributed by atoms with van der Waals surface area (Å²) in [5.41, 5.74) is 7.05. The van der Waals surface area contributed by atoms with Crippen LogP contribution in [0.1, 0.15) is 18.9 Å². The smallest absolute Gasteiger partial charge is 0.351 e. The van der Waals surface area contributed by atoms with E-state index in [1.165, 1.54) is 9.08 Å². The van der Waals surface area contributed by atoms with Crippen LogP contribution in [0, 0.1) is 5.92 Å². The lowest BCUT2D eigenvalue weighted by Gasteiger charge is -2.10. The minimum Gasteiger partial charge on any atom is -0.381 e. The van der Waals surface area contributed by atoms with Crippen LogP contribution >= 0.6 is 0 Å². The molecule has 7 heteroatoms. The number of Topliss-reactive ketones (excluding diaryl/α,β-unsaturated/α-hetero) is 1. The van der Waals surface area contributed by atoms with Gasteiger partial charge < -0.3 is 5.73 Å². The van der Waals surface area contributed by atoms with E-state index in [4.69, 9.17) is 5.73 Å². The van der Waals surface area contributed by atoms with Crippen LogP contribution in [-0.2, 0) is 11.3 Å². The Labute approximate surface area is 142 Å².